The van der Waals surface area contributed by atoms with Crippen LogP contribution in [0.25, 0.3) is 99.5 Å². The summed E-state index contributed by atoms with van der Waals surface area (Å²) in [6.45, 7) is 0. The SMILES string of the molecule is c1ccc(-c2nc(-c3ccc(-c4ccc5ccccc5c4)cc3)nc(-c3c4ccccc4cc4oc5cc6ccccc6cc5c34)n2)cc1. The first-order valence-electron chi connectivity index (χ1n) is 16.4. The lowest BCUT2D eigenvalue weighted by molar-refractivity contribution is 0.670. The van der Waals surface area contributed by atoms with Gasteiger partial charge in [0.25, 0.3) is 0 Å². The summed E-state index contributed by atoms with van der Waals surface area (Å²) in [5.41, 5.74) is 6.75. The van der Waals surface area contributed by atoms with Crippen molar-refractivity contribution >= 4 is 54.3 Å². The average Bonchev–Trinajstić information content (AvgIpc) is 3.52. The molecule has 2 heterocycles. The molecule has 0 unspecified atom stereocenters. The van der Waals surface area contributed by atoms with Crippen molar-refractivity contribution in [1.29, 1.82) is 0 Å². The lowest BCUT2D eigenvalue weighted by Crippen LogP contribution is -2.01. The number of aromatic nitrogens is 3. The van der Waals surface area contributed by atoms with Crippen LogP contribution in [0.2, 0.25) is 0 Å². The van der Waals surface area contributed by atoms with Crippen molar-refractivity contribution in [3.05, 3.63) is 164 Å². The minimum absolute atomic E-state index is 0.611. The molecule has 49 heavy (non-hydrogen) atoms. The zero-order valence-corrected chi connectivity index (χ0v) is 26.3. The molecule has 0 saturated carbocycles. The van der Waals surface area contributed by atoms with E-state index in [9.17, 15) is 0 Å². The fourth-order valence-corrected chi connectivity index (χ4v) is 7.03. The summed E-state index contributed by atoms with van der Waals surface area (Å²) in [6.07, 6.45) is 0. The number of rotatable bonds is 4. The summed E-state index contributed by atoms with van der Waals surface area (Å²) in [7, 11) is 0. The van der Waals surface area contributed by atoms with Gasteiger partial charge in [-0.25, -0.2) is 15.0 Å². The van der Waals surface area contributed by atoms with Crippen molar-refractivity contribution < 1.29 is 4.42 Å². The van der Waals surface area contributed by atoms with Crippen LogP contribution in [-0.4, -0.2) is 15.0 Å². The Morgan fingerprint density at radius 3 is 1.61 bits per heavy atom. The molecule has 0 aliphatic carbocycles. The minimum atomic E-state index is 0.611. The third kappa shape index (κ3) is 4.65. The molecule has 228 valence electrons. The molecule has 2 aromatic heterocycles. The summed E-state index contributed by atoms with van der Waals surface area (Å²) in [6, 6.07) is 57.0. The highest BCUT2D eigenvalue weighted by atomic mass is 16.3. The number of hydrogen-bond donors (Lipinski definition) is 0. The van der Waals surface area contributed by atoms with Crippen molar-refractivity contribution in [1.82, 2.24) is 15.0 Å². The summed E-state index contributed by atoms with van der Waals surface area (Å²) < 4.78 is 6.57. The molecule has 10 rings (SSSR count). The molecule has 0 spiro atoms. The maximum Gasteiger partial charge on any atom is 0.165 e. The van der Waals surface area contributed by atoms with Gasteiger partial charge in [0.1, 0.15) is 11.2 Å². The van der Waals surface area contributed by atoms with Crippen LogP contribution in [-0.2, 0) is 0 Å². The van der Waals surface area contributed by atoms with Gasteiger partial charge in [-0.3, -0.25) is 0 Å². The standard InChI is InChI=1S/C45H27N3O/c1-2-11-30(12-3-1)43-46-44(31-21-18-29(19-22-31)35-23-20-28-10-4-5-13-32(28)24-35)48-45(47-43)42-37-17-9-8-16-36(37)27-40-41(42)38-25-33-14-6-7-15-34(33)26-39(38)49-40/h1-27H. The van der Waals surface area contributed by atoms with Gasteiger partial charge in [-0.2, -0.15) is 0 Å². The molecular weight excluding hydrogens is 599 g/mol. The highest BCUT2D eigenvalue weighted by molar-refractivity contribution is 6.21. The second-order valence-electron chi connectivity index (χ2n) is 12.5. The van der Waals surface area contributed by atoms with Gasteiger partial charge in [-0.15, -0.1) is 0 Å². The lowest BCUT2D eigenvalue weighted by atomic mass is 9.97. The van der Waals surface area contributed by atoms with Gasteiger partial charge in [0, 0.05) is 27.5 Å². The van der Waals surface area contributed by atoms with Crippen LogP contribution in [0.1, 0.15) is 0 Å². The van der Waals surface area contributed by atoms with Crippen LogP contribution in [0.3, 0.4) is 0 Å². The first kappa shape index (κ1) is 27.5. The monoisotopic (exact) mass is 625 g/mol. The lowest BCUT2D eigenvalue weighted by Gasteiger charge is -2.12. The van der Waals surface area contributed by atoms with E-state index in [0.29, 0.717) is 17.5 Å². The Bertz CT molecular complexity index is 2870. The second kappa shape index (κ2) is 11.0. The third-order valence-corrected chi connectivity index (χ3v) is 9.47. The maximum absolute atomic E-state index is 6.57. The quantitative estimate of drug-likeness (QED) is 0.195. The Morgan fingerprint density at radius 2 is 0.857 bits per heavy atom. The summed E-state index contributed by atoms with van der Waals surface area (Å²) >= 11 is 0. The van der Waals surface area contributed by atoms with E-state index < -0.39 is 0 Å². The van der Waals surface area contributed by atoms with Crippen LogP contribution in [0.4, 0.5) is 0 Å². The molecule has 0 bridgehead atoms. The van der Waals surface area contributed by atoms with E-state index in [1.807, 2.05) is 30.3 Å². The Hall–Kier alpha value is -6.65. The average molecular weight is 626 g/mol. The molecule has 0 fully saturated rings. The van der Waals surface area contributed by atoms with Crippen LogP contribution in [0.5, 0.6) is 0 Å². The molecule has 0 N–H and O–H groups in total. The van der Waals surface area contributed by atoms with Gasteiger partial charge in [0.05, 0.1) is 0 Å². The topological polar surface area (TPSA) is 51.8 Å². The van der Waals surface area contributed by atoms with Crippen molar-refractivity contribution in [3.8, 4) is 45.3 Å². The van der Waals surface area contributed by atoms with Gasteiger partial charge >= 0.3 is 0 Å². The molecule has 0 aliphatic heterocycles. The van der Waals surface area contributed by atoms with Crippen molar-refractivity contribution in [2.24, 2.45) is 0 Å². The molecule has 8 aromatic carbocycles. The molecular formula is C45H27N3O. The Kier molecular flexibility index (Phi) is 6.15. The fraction of sp³-hybridized carbons (Fsp3) is 0. The molecule has 0 radical (unpaired) electrons. The van der Waals surface area contributed by atoms with Crippen LogP contribution < -0.4 is 0 Å². The fourth-order valence-electron chi connectivity index (χ4n) is 7.03. The predicted octanol–water partition coefficient (Wildman–Crippen LogP) is 11.9. The van der Waals surface area contributed by atoms with Gasteiger partial charge in [0.2, 0.25) is 0 Å². The largest absolute Gasteiger partial charge is 0.456 e. The van der Waals surface area contributed by atoms with Crippen molar-refractivity contribution in [2.75, 3.05) is 0 Å². The second-order valence-corrected chi connectivity index (χ2v) is 12.5. The van der Waals surface area contributed by atoms with Gasteiger partial charge in [-0.1, -0.05) is 140 Å². The van der Waals surface area contributed by atoms with E-state index >= 15 is 0 Å². The zero-order valence-electron chi connectivity index (χ0n) is 26.3. The minimum Gasteiger partial charge on any atom is -0.456 e. The molecule has 4 heteroatoms. The van der Waals surface area contributed by atoms with Gasteiger partial charge in [-0.05, 0) is 67.7 Å². The number of benzene rings is 8. The van der Waals surface area contributed by atoms with Gasteiger partial charge in [0.15, 0.2) is 17.5 Å². The van der Waals surface area contributed by atoms with E-state index in [4.69, 9.17) is 19.4 Å². The molecule has 0 atom stereocenters. The highest BCUT2D eigenvalue weighted by Gasteiger charge is 2.21. The number of hydrogen-bond acceptors (Lipinski definition) is 4. The van der Waals surface area contributed by atoms with Crippen LogP contribution >= 0.6 is 0 Å². The summed E-state index contributed by atoms with van der Waals surface area (Å²) in [4.78, 5) is 15.5. The van der Waals surface area contributed by atoms with E-state index in [1.165, 1.54) is 16.3 Å². The van der Waals surface area contributed by atoms with E-state index in [1.54, 1.807) is 0 Å². The van der Waals surface area contributed by atoms with Crippen LogP contribution in [0.15, 0.2) is 168 Å². The number of nitrogens with zero attached hydrogens (tertiary/aromatic N) is 3. The molecule has 4 nitrogen and oxygen atoms in total. The molecule has 0 amide bonds. The molecule has 0 saturated heterocycles. The Labute approximate surface area is 282 Å². The first-order valence-corrected chi connectivity index (χ1v) is 16.4. The molecule has 10 aromatic rings. The summed E-state index contributed by atoms with van der Waals surface area (Å²) in [5, 5.41) is 8.92. The van der Waals surface area contributed by atoms with Gasteiger partial charge < -0.3 is 4.42 Å². The zero-order chi connectivity index (χ0) is 32.3. The molecule has 0 aliphatic rings. The van der Waals surface area contributed by atoms with Crippen LogP contribution in [0, 0.1) is 0 Å². The third-order valence-electron chi connectivity index (χ3n) is 9.47. The van der Waals surface area contributed by atoms with Crippen molar-refractivity contribution in [3.63, 3.8) is 0 Å². The Morgan fingerprint density at radius 1 is 0.327 bits per heavy atom. The van der Waals surface area contributed by atoms with E-state index in [-0.39, 0.29) is 0 Å². The first-order chi connectivity index (χ1) is 24.2. The number of fused-ring (bicyclic) bond motifs is 6. The Balaban J connectivity index is 1.21. The highest BCUT2D eigenvalue weighted by Crippen LogP contribution is 2.42. The van der Waals surface area contributed by atoms with E-state index in [2.05, 4.69) is 133 Å². The van der Waals surface area contributed by atoms with E-state index in [0.717, 1.165) is 65.7 Å². The predicted molar refractivity (Wildman–Crippen MR) is 201 cm³/mol. The van der Waals surface area contributed by atoms with Crippen molar-refractivity contribution in [2.45, 2.75) is 0 Å². The normalized spacial score (nSPS) is 11.7. The summed E-state index contributed by atoms with van der Waals surface area (Å²) in [5.74, 6) is 1.85. The number of furan rings is 1. The maximum atomic E-state index is 6.57. The smallest absolute Gasteiger partial charge is 0.165 e.